The molecule has 0 spiro atoms. The lowest BCUT2D eigenvalue weighted by Crippen LogP contribution is -2.68. The first kappa shape index (κ1) is 10.5. The monoisotopic (exact) mass is 227 g/mol. The Morgan fingerprint density at radius 1 is 1.44 bits per heavy atom. The Bertz CT molecular complexity index is 338. The highest BCUT2D eigenvalue weighted by atomic mass is 19.1. The van der Waals surface area contributed by atoms with Gasteiger partial charge in [0.1, 0.15) is 5.67 Å². The largest absolute Gasteiger partial charge is 0.481 e. The number of aliphatic carboxylic acids is 1. The van der Waals surface area contributed by atoms with E-state index >= 15 is 0 Å². The SMILES string of the molecule is NCC1(CC(=O)O)C2CCC3CC1C2(F)C3. The lowest BCUT2D eigenvalue weighted by molar-refractivity contribution is -0.205. The highest BCUT2D eigenvalue weighted by molar-refractivity contribution is 5.68. The Morgan fingerprint density at radius 3 is 2.81 bits per heavy atom. The summed E-state index contributed by atoms with van der Waals surface area (Å²) in [6.07, 6.45) is 3.47. The van der Waals surface area contributed by atoms with Gasteiger partial charge >= 0.3 is 5.97 Å². The van der Waals surface area contributed by atoms with Crippen molar-refractivity contribution in [2.45, 2.75) is 37.8 Å². The molecule has 0 amide bonds. The van der Waals surface area contributed by atoms with Crippen LogP contribution in [0.5, 0.6) is 0 Å². The van der Waals surface area contributed by atoms with Crippen LogP contribution in [0.1, 0.15) is 32.1 Å². The molecule has 0 radical (unpaired) electrons. The molecule has 90 valence electrons. The van der Waals surface area contributed by atoms with Crippen LogP contribution in [-0.2, 0) is 4.79 Å². The molecule has 4 heteroatoms. The number of rotatable bonds is 3. The minimum Gasteiger partial charge on any atom is -0.481 e. The average molecular weight is 227 g/mol. The Morgan fingerprint density at radius 2 is 2.19 bits per heavy atom. The second-order valence-corrected chi connectivity index (χ2v) is 5.92. The molecule has 0 heterocycles. The summed E-state index contributed by atoms with van der Waals surface area (Å²) in [5, 5.41) is 9.00. The molecule has 0 aliphatic heterocycles. The van der Waals surface area contributed by atoms with Gasteiger partial charge in [-0.05, 0) is 38.1 Å². The van der Waals surface area contributed by atoms with Crippen LogP contribution in [0.15, 0.2) is 0 Å². The van der Waals surface area contributed by atoms with Crippen molar-refractivity contribution >= 4 is 5.97 Å². The summed E-state index contributed by atoms with van der Waals surface area (Å²) in [5.41, 5.74) is 4.28. The highest BCUT2D eigenvalue weighted by Gasteiger charge is 2.75. The molecule has 16 heavy (non-hydrogen) atoms. The maximum atomic E-state index is 14.7. The Balaban J connectivity index is 1.95. The number of fused-ring (bicyclic) bond motifs is 1. The molecule has 0 aromatic carbocycles. The van der Waals surface area contributed by atoms with E-state index in [1.54, 1.807) is 0 Å². The third-order valence-electron chi connectivity index (χ3n) is 5.44. The molecule has 5 atom stereocenters. The van der Waals surface area contributed by atoms with Crippen LogP contribution in [0.25, 0.3) is 0 Å². The van der Waals surface area contributed by atoms with E-state index < -0.39 is 17.1 Å². The molecule has 3 nitrogen and oxygen atoms in total. The van der Waals surface area contributed by atoms with Gasteiger partial charge in [-0.25, -0.2) is 4.39 Å². The van der Waals surface area contributed by atoms with E-state index in [4.69, 9.17) is 10.8 Å². The van der Waals surface area contributed by atoms with Crippen molar-refractivity contribution in [2.24, 2.45) is 28.9 Å². The highest BCUT2D eigenvalue weighted by Crippen LogP contribution is 2.74. The number of carbonyl (C=O) groups is 1. The van der Waals surface area contributed by atoms with Gasteiger partial charge in [-0.15, -0.1) is 0 Å². The van der Waals surface area contributed by atoms with Gasteiger partial charge in [0.05, 0.1) is 6.42 Å². The van der Waals surface area contributed by atoms with Crippen molar-refractivity contribution in [1.29, 1.82) is 0 Å². The molecule has 0 saturated heterocycles. The third kappa shape index (κ3) is 0.992. The summed E-state index contributed by atoms with van der Waals surface area (Å²) < 4.78 is 14.7. The van der Waals surface area contributed by atoms with Crippen LogP contribution < -0.4 is 5.73 Å². The fourth-order valence-corrected chi connectivity index (χ4v) is 4.95. The van der Waals surface area contributed by atoms with Crippen LogP contribution in [0.2, 0.25) is 0 Å². The van der Waals surface area contributed by atoms with Gasteiger partial charge in [0, 0.05) is 17.3 Å². The summed E-state index contributed by atoms with van der Waals surface area (Å²) in [7, 11) is 0. The zero-order chi connectivity index (χ0) is 11.6. The van der Waals surface area contributed by atoms with Crippen molar-refractivity contribution in [2.75, 3.05) is 6.54 Å². The van der Waals surface area contributed by atoms with Crippen LogP contribution in [0.3, 0.4) is 0 Å². The molecule has 3 aliphatic rings. The van der Waals surface area contributed by atoms with E-state index in [2.05, 4.69) is 0 Å². The summed E-state index contributed by atoms with van der Waals surface area (Å²) in [6, 6.07) is 0. The summed E-state index contributed by atoms with van der Waals surface area (Å²) in [6.45, 7) is 0.326. The maximum absolute atomic E-state index is 14.7. The predicted molar refractivity (Wildman–Crippen MR) is 56.5 cm³/mol. The van der Waals surface area contributed by atoms with Gasteiger partial charge in [0.15, 0.2) is 0 Å². The van der Waals surface area contributed by atoms with E-state index in [-0.39, 0.29) is 18.3 Å². The van der Waals surface area contributed by atoms with Crippen molar-refractivity contribution in [1.82, 2.24) is 0 Å². The van der Waals surface area contributed by atoms with Crippen molar-refractivity contribution < 1.29 is 14.3 Å². The molecule has 2 bridgehead atoms. The van der Waals surface area contributed by atoms with E-state index in [1.165, 1.54) is 0 Å². The van der Waals surface area contributed by atoms with Gasteiger partial charge in [-0.1, -0.05) is 0 Å². The lowest BCUT2D eigenvalue weighted by atomic mass is 9.43. The van der Waals surface area contributed by atoms with E-state index in [9.17, 15) is 9.18 Å². The van der Waals surface area contributed by atoms with Crippen LogP contribution >= 0.6 is 0 Å². The Labute approximate surface area is 94.2 Å². The number of hydrogen-bond donors (Lipinski definition) is 2. The average Bonchev–Trinajstić information content (AvgIpc) is 2.35. The van der Waals surface area contributed by atoms with Gasteiger partial charge in [0.2, 0.25) is 0 Å². The molecule has 0 aromatic rings. The molecular weight excluding hydrogens is 209 g/mol. The molecule has 3 aliphatic carbocycles. The van der Waals surface area contributed by atoms with E-state index in [0.29, 0.717) is 18.9 Å². The number of nitrogens with two attached hydrogens (primary N) is 1. The molecule has 3 N–H and O–H groups in total. The first-order valence-corrected chi connectivity index (χ1v) is 6.14. The molecule has 5 unspecified atom stereocenters. The van der Waals surface area contributed by atoms with E-state index in [0.717, 1.165) is 19.3 Å². The Kier molecular flexibility index (Phi) is 1.95. The third-order valence-corrected chi connectivity index (χ3v) is 5.44. The van der Waals surface area contributed by atoms with Gasteiger partial charge in [-0.2, -0.15) is 0 Å². The topological polar surface area (TPSA) is 63.3 Å². The van der Waals surface area contributed by atoms with E-state index in [1.807, 2.05) is 0 Å². The smallest absolute Gasteiger partial charge is 0.303 e. The Hall–Kier alpha value is -0.640. The van der Waals surface area contributed by atoms with Crippen molar-refractivity contribution in [3.63, 3.8) is 0 Å². The first-order chi connectivity index (χ1) is 7.53. The van der Waals surface area contributed by atoms with Crippen molar-refractivity contribution in [3.8, 4) is 0 Å². The standard InChI is InChI=1S/C12H18FNO2/c13-12-4-7-1-2-8(12)11(6-14,5-10(15)16)9(12)3-7/h7-9H,1-6,14H2,(H,15,16). The molecular formula is C12H18FNO2. The minimum absolute atomic E-state index is 0.0528. The molecule has 3 saturated carbocycles. The molecule has 3 rings (SSSR count). The minimum atomic E-state index is -1.07. The molecule has 0 aromatic heterocycles. The second kappa shape index (κ2) is 2.97. The summed E-state index contributed by atoms with van der Waals surface area (Å²) >= 11 is 0. The number of halogens is 1. The predicted octanol–water partition coefficient (Wildman–Crippen LogP) is 1.56. The zero-order valence-corrected chi connectivity index (χ0v) is 9.29. The summed E-state index contributed by atoms with van der Waals surface area (Å²) in [4.78, 5) is 11.0. The van der Waals surface area contributed by atoms with Crippen molar-refractivity contribution in [3.05, 3.63) is 0 Å². The normalized spacial score (nSPS) is 53.5. The second-order valence-electron chi connectivity index (χ2n) is 5.92. The summed E-state index contributed by atoms with van der Waals surface area (Å²) in [5.74, 6) is -0.528. The number of hydrogen-bond acceptors (Lipinski definition) is 2. The lowest BCUT2D eigenvalue weighted by Gasteiger charge is -2.62. The fraction of sp³-hybridized carbons (Fsp3) is 0.917. The van der Waals surface area contributed by atoms with Gasteiger partial charge in [0.25, 0.3) is 0 Å². The quantitative estimate of drug-likeness (QED) is 0.769. The van der Waals surface area contributed by atoms with Crippen LogP contribution in [0, 0.1) is 23.2 Å². The zero-order valence-electron chi connectivity index (χ0n) is 9.29. The fourth-order valence-electron chi connectivity index (χ4n) is 4.95. The number of carboxylic acid groups (broad SMARTS) is 1. The van der Waals surface area contributed by atoms with Gasteiger partial charge in [-0.3, -0.25) is 4.79 Å². The number of alkyl halides is 1. The number of carboxylic acids is 1. The maximum Gasteiger partial charge on any atom is 0.303 e. The molecule has 3 fully saturated rings. The van der Waals surface area contributed by atoms with Crippen LogP contribution in [-0.4, -0.2) is 23.3 Å². The van der Waals surface area contributed by atoms with Crippen LogP contribution in [0.4, 0.5) is 4.39 Å². The van der Waals surface area contributed by atoms with Gasteiger partial charge < -0.3 is 10.8 Å². The first-order valence-electron chi connectivity index (χ1n) is 6.14.